The Labute approximate surface area is 175 Å². The number of nitrogens with one attached hydrogen (secondary N) is 1. The van der Waals surface area contributed by atoms with Crippen LogP contribution in [0.4, 0.5) is 5.69 Å². The average Bonchev–Trinajstić information content (AvgIpc) is 2.69. The van der Waals surface area contributed by atoms with Gasteiger partial charge in [-0.1, -0.05) is 22.0 Å². The summed E-state index contributed by atoms with van der Waals surface area (Å²) in [6, 6.07) is 14.4. The van der Waals surface area contributed by atoms with Crippen LogP contribution in [0.1, 0.15) is 31.8 Å². The van der Waals surface area contributed by atoms with E-state index in [4.69, 9.17) is 0 Å². The van der Waals surface area contributed by atoms with Crippen LogP contribution in [0.2, 0.25) is 0 Å². The highest BCUT2D eigenvalue weighted by Gasteiger charge is 2.17. The van der Waals surface area contributed by atoms with Crippen molar-refractivity contribution in [2.24, 2.45) is 0 Å². The number of pyridine rings is 1. The van der Waals surface area contributed by atoms with Crippen molar-refractivity contribution >= 4 is 45.3 Å². The summed E-state index contributed by atoms with van der Waals surface area (Å²) in [5, 5.41) is 12.2. The number of aromatic nitrogens is 1. The van der Waals surface area contributed by atoms with Gasteiger partial charge in [0.15, 0.2) is 0 Å². The van der Waals surface area contributed by atoms with Gasteiger partial charge in [-0.25, -0.2) is 4.79 Å². The number of rotatable bonds is 6. The van der Waals surface area contributed by atoms with Gasteiger partial charge < -0.3 is 10.4 Å². The van der Waals surface area contributed by atoms with Gasteiger partial charge in [-0.05, 0) is 60.5 Å². The van der Waals surface area contributed by atoms with E-state index in [2.05, 4.69) is 26.2 Å². The van der Waals surface area contributed by atoms with E-state index in [1.54, 1.807) is 49.3 Å². The maximum Gasteiger partial charge on any atom is 0.337 e. The van der Waals surface area contributed by atoms with Crippen LogP contribution >= 0.6 is 27.7 Å². The van der Waals surface area contributed by atoms with Gasteiger partial charge in [0.2, 0.25) is 0 Å². The number of carbonyl (C=O) groups is 2. The number of anilines is 1. The predicted octanol–water partition coefficient (Wildman–Crippen LogP) is 5.40. The van der Waals surface area contributed by atoms with Crippen molar-refractivity contribution in [1.82, 2.24) is 4.98 Å². The Morgan fingerprint density at radius 1 is 1.14 bits per heavy atom. The Hall–Kier alpha value is -2.64. The van der Waals surface area contributed by atoms with Crippen molar-refractivity contribution in [2.45, 2.75) is 17.6 Å². The molecule has 5 nitrogen and oxygen atoms in total. The number of hydrogen-bond donors (Lipinski definition) is 2. The van der Waals surface area contributed by atoms with Crippen LogP contribution < -0.4 is 5.32 Å². The van der Waals surface area contributed by atoms with E-state index in [0.717, 1.165) is 16.2 Å². The fourth-order valence-electron chi connectivity index (χ4n) is 2.64. The monoisotopic (exact) mass is 456 g/mol. The molecule has 0 spiro atoms. The minimum atomic E-state index is -1.10. The fourth-order valence-corrected chi connectivity index (χ4v) is 4.12. The summed E-state index contributed by atoms with van der Waals surface area (Å²) in [6.45, 7) is 1.76. The molecule has 2 aromatic carbocycles. The quantitative estimate of drug-likeness (QED) is 0.485. The highest BCUT2D eigenvalue weighted by Crippen LogP contribution is 2.27. The number of aromatic carboxylic acids is 1. The van der Waals surface area contributed by atoms with Gasteiger partial charge in [-0.2, -0.15) is 0 Å². The minimum absolute atomic E-state index is 0.0449. The molecule has 0 aliphatic rings. The highest BCUT2D eigenvalue weighted by molar-refractivity contribution is 9.10. The Kier molecular flexibility index (Phi) is 6.49. The van der Waals surface area contributed by atoms with Gasteiger partial charge in [0.05, 0.1) is 11.3 Å². The molecule has 28 heavy (non-hydrogen) atoms. The molecule has 3 rings (SSSR count). The summed E-state index contributed by atoms with van der Waals surface area (Å²) in [4.78, 5) is 29.2. The molecule has 0 bridgehead atoms. The van der Waals surface area contributed by atoms with Crippen molar-refractivity contribution in [3.8, 4) is 0 Å². The van der Waals surface area contributed by atoms with E-state index in [-0.39, 0.29) is 11.5 Å². The molecule has 3 aromatic rings. The van der Waals surface area contributed by atoms with Gasteiger partial charge in [-0.3, -0.25) is 9.78 Å². The summed E-state index contributed by atoms with van der Waals surface area (Å²) in [6.07, 6.45) is 3.50. The lowest BCUT2D eigenvalue weighted by atomic mass is 10.1. The number of thioether (sulfide) groups is 1. The van der Waals surface area contributed by atoms with Crippen LogP contribution in [0.15, 0.2) is 70.3 Å². The van der Waals surface area contributed by atoms with Crippen LogP contribution in [0.3, 0.4) is 0 Å². The average molecular weight is 457 g/mol. The summed E-state index contributed by atoms with van der Waals surface area (Å²) in [5.74, 6) is -0.677. The van der Waals surface area contributed by atoms with Gasteiger partial charge in [-0.15, -0.1) is 11.8 Å². The highest BCUT2D eigenvalue weighted by atomic mass is 79.9. The summed E-state index contributed by atoms with van der Waals surface area (Å²) in [5.41, 5.74) is 2.63. The second-order valence-electron chi connectivity index (χ2n) is 6.08. The molecule has 1 heterocycles. The molecule has 0 aliphatic heterocycles. The third-order valence-corrected chi connectivity index (χ3v) is 5.54. The molecule has 7 heteroatoms. The molecule has 0 aliphatic carbocycles. The number of benzene rings is 2. The number of halogens is 1. The van der Waals surface area contributed by atoms with Gasteiger partial charge >= 0.3 is 5.97 Å². The molecule has 142 valence electrons. The zero-order valence-electron chi connectivity index (χ0n) is 15.0. The summed E-state index contributed by atoms with van der Waals surface area (Å²) >= 11 is 4.91. The normalized spacial score (nSPS) is 10.5. The first kappa shape index (κ1) is 20.1. The number of carbonyl (C=O) groups excluding carboxylic acids is 1. The zero-order valence-corrected chi connectivity index (χ0v) is 17.4. The lowest BCUT2D eigenvalue weighted by Crippen LogP contribution is -2.16. The molecular formula is C21H17BrN2O3S. The van der Waals surface area contributed by atoms with Crippen LogP contribution in [0, 0.1) is 6.92 Å². The van der Waals surface area contributed by atoms with Gasteiger partial charge in [0, 0.05) is 33.1 Å². The largest absolute Gasteiger partial charge is 0.478 e. The number of carboxylic acid groups (broad SMARTS) is 1. The summed E-state index contributed by atoms with van der Waals surface area (Å²) in [7, 11) is 0. The molecular weight excluding hydrogens is 440 g/mol. The van der Waals surface area contributed by atoms with Crippen molar-refractivity contribution in [3.63, 3.8) is 0 Å². The number of hydrogen-bond acceptors (Lipinski definition) is 4. The third-order valence-electron chi connectivity index (χ3n) is 4.02. The number of carboxylic acids is 1. The van der Waals surface area contributed by atoms with Crippen LogP contribution in [-0.2, 0) is 5.75 Å². The summed E-state index contributed by atoms with van der Waals surface area (Å²) < 4.78 is 0.648. The van der Waals surface area contributed by atoms with Crippen molar-refractivity contribution in [1.29, 1.82) is 0 Å². The van der Waals surface area contributed by atoms with Crippen LogP contribution in [0.25, 0.3) is 0 Å². The third kappa shape index (κ3) is 4.99. The lowest BCUT2D eigenvalue weighted by Gasteiger charge is -2.13. The van der Waals surface area contributed by atoms with E-state index in [1.165, 1.54) is 6.07 Å². The molecule has 0 radical (unpaired) electrons. The zero-order chi connectivity index (χ0) is 20.1. The molecule has 1 amide bonds. The van der Waals surface area contributed by atoms with E-state index >= 15 is 0 Å². The van der Waals surface area contributed by atoms with Crippen LogP contribution in [-0.4, -0.2) is 22.0 Å². The number of amides is 1. The number of aryl methyl sites for hydroxylation is 1. The molecule has 0 unspecified atom stereocenters. The van der Waals surface area contributed by atoms with Crippen molar-refractivity contribution in [3.05, 3.63) is 87.7 Å². The van der Waals surface area contributed by atoms with E-state index < -0.39 is 5.97 Å². The Morgan fingerprint density at radius 2 is 1.89 bits per heavy atom. The first-order valence-corrected chi connectivity index (χ1v) is 10.2. The number of nitrogens with zero attached hydrogens (tertiary/aromatic N) is 1. The molecule has 0 saturated heterocycles. The van der Waals surface area contributed by atoms with Crippen molar-refractivity contribution < 1.29 is 14.7 Å². The molecule has 1 aromatic heterocycles. The maximum absolute atomic E-state index is 12.7. The van der Waals surface area contributed by atoms with Gasteiger partial charge in [0.1, 0.15) is 0 Å². The first-order chi connectivity index (χ1) is 13.4. The molecule has 2 N–H and O–H groups in total. The predicted molar refractivity (Wildman–Crippen MR) is 114 cm³/mol. The topological polar surface area (TPSA) is 79.3 Å². The maximum atomic E-state index is 12.7. The van der Waals surface area contributed by atoms with E-state index in [1.807, 2.05) is 24.3 Å². The second-order valence-corrected chi connectivity index (χ2v) is 8.04. The molecule has 0 fully saturated rings. The Bertz CT molecular complexity index is 1030. The molecule has 0 atom stereocenters. The smallest absolute Gasteiger partial charge is 0.337 e. The second kappa shape index (κ2) is 9.03. The minimum Gasteiger partial charge on any atom is -0.478 e. The fraction of sp³-hybridized carbons (Fsp3) is 0.0952. The first-order valence-electron chi connectivity index (χ1n) is 8.40. The Morgan fingerprint density at radius 3 is 2.61 bits per heavy atom. The van der Waals surface area contributed by atoms with Gasteiger partial charge in [0.25, 0.3) is 5.91 Å². The van der Waals surface area contributed by atoms with Crippen molar-refractivity contribution in [2.75, 3.05) is 5.32 Å². The SMILES string of the molecule is Cc1cc(Br)cc(C(=O)O)c1NC(=O)c1cccc(SCc2ccncc2)c1. The lowest BCUT2D eigenvalue weighted by molar-refractivity contribution is 0.0698. The Balaban J connectivity index is 1.78. The molecule has 0 saturated carbocycles. The van der Waals surface area contributed by atoms with E-state index in [9.17, 15) is 14.7 Å². The van der Waals surface area contributed by atoms with E-state index in [0.29, 0.717) is 21.3 Å². The standard InChI is InChI=1S/C21H17BrN2O3S/c1-13-9-16(22)11-18(21(26)27)19(13)24-20(25)15-3-2-4-17(10-15)28-12-14-5-7-23-8-6-14/h2-11H,12H2,1H3,(H,24,25)(H,26,27). The van der Waals surface area contributed by atoms with Crippen LogP contribution in [0.5, 0.6) is 0 Å².